The minimum absolute atomic E-state index is 0.0224. The van der Waals surface area contributed by atoms with Crippen molar-refractivity contribution in [3.05, 3.63) is 16.4 Å². The molecule has 66 valence electrons. The van der Waals surface area contributed by atoms with Crippen molar-refractivity contribution < 1.29 is 4.92 Å². The van der Waals surface area contributed by atoms with Gasteiger partial charge in [-0.15, -0.1) is 0 Å². The number of aromatic nitrogens is 4. The summed E-state index contributed by atoms with van der Waals surface area (Å²) in [5.41, 5.74) is 6.01. The Bertz CT molecular complexity index is 477. The molecule has 2 aromatic heterocycles. The summed E-state index contributed by atoms with van der Waals surface area (Å²) in [7, 11) is 0. The molecule has 0 saturated heterocycles. The SMILES string of the molecule is Nc1nc([N+](=O)[O-])nc2nc[nH]c12. The third kappa shape index (κ3) is 1.04. The van der Waals surface area contributed by atoms with Gasteiger partial charge in [0.2, 0.25) is 5.82 Å². The first-order chi connectivity index (χ1) is 6.18. The number of nitro groups is 1. The van der Waals surface area contributed by atoms with Crippen molar-refractivity contribution in [1.82, 2.24) is 19.9 Å². The van der Waals surface area contributed by atoms with Crippen molar-refractivity contribution in [3.8, 4) is 0 Å². The zero-order valence-electron chi connectivity index (χ0n) is 6.26. The summed E-state index contributed by atoms with van der Waals surface area (Å²) in [5.74, 6) is -0.522. The second kappa shape index (κ2) is 2.37. The van der Waals surface area contributed by atoms with Crippen LogP contribution in [0.1, 0.15) is 0 Å². The van der Waals surface area contributed by atoms with Gasteiger partial charge in [0, 0.05) is 0 Å². The first-order valence-electron chi connectivity index (χ1n) is 3.29. The molecule has 0 bridgehead atoms. The van der Waals surface area contributed by atoms with Crippen LogP contribution in [0.15, 0.2) is 6.33 Å². The molecule has 0 radical (unpaired) electrons. The fraction of sp³-hybridized carbons (Fsp3) is 0. The zero-order valence-corrected chi connectivity index (χ0v) is 6.26. The molecule has 0 aliphatic rings. The average molecular weight is 180 g/mol. The summed E-state index contributed by atoms with van der Waals surface area (Å²) in [6, 6.07) is 0. The Morgan fingerprint density at radius 2 is 2.31 bits per heavy atom. The number of hydrogen-bond donors (Lipinski definition) is 2. The number of aromatic amines is 1. The monoisotopic (exact) mass is 180 g/mol. The number of nitrogens with one attached hydrogen (secondary N) is 1. The summed E-state index contributed by atoms with van der Waals surface area (Å²) < 4.78 is 0. The lowest BCUT2D eigenvalue weighted by atomic mass is 10.5. The van der Waals surface area contributed by atoms with Gasteiger partial charge in [-0.2, -0.15) is 0 Å². The molecule has 8 nitrogen and oxygen atoms in total. The summed E-state index contributed by atoms with van der Waals surface area (Å²) in [5, 5.41) is 10.3. The molecule has 2 aromatic rings. The molecule has 8 heteroatoms. The van der Waals surface area contributed by atoms with Gasteiger partial charge >= 0.3 is 5.95 Å². The molecule has 2 heterocycles. The largest absolute Gasteiger partial charge is 0.473 e. The molecule has 0 spiro atoms. The van der Waals surface area contributed by atoms with E-state index >= 15 is 0 Å². The van der Waals surface area contributed by atoms with E-state index in [0.29, 0.717) is 5.52 Å². The van der Waals surface area contributed by atoms with Gasteiger partial charge < -0.3 is 20.8 Å². The Morgan fingerprint density at radius 3 is 3.00 bits per heavy atom. The first-order valence-corrected chi connectivity index (χ1v) is 3.29. The zero-order chi connectivity index (χ0) is 9.42. The number of nitrogens with zero attached hydrogens (tertiary/aromatic N) is 4. The van der Waals surface area contributed by atoms with Crippen LogP contribution in [0.2, 0.25) is 0 Å². The molecule has 0 saturated carbocycles. The minimum atomic E-state index is -0.718. The summed E-state index contributed by atoms with van der Waals surface area (Å²) >= 11 is 0. The van der Waals surface area contributed by atoms with Gasteiger partial charge in [-0.1, -0.05) is 0 Å². The van der Waals surface area contributed by atoms with Crippen LogP contribution in [0, 0.1) is 10.1 Å². The maximum Gasteiger partial charge on any atom is 0.473 e. The molecule has 0 aromatic carbocycles. The second-order valence-electron chi connectivity index (χ2n) is 2.27. The highest BCUT2D eigenvalue weighted by Crippen LogP contribution is 2.15. The molecule has 2 rings (SSSR count). The van der Waals surface area contributed by atoms with Gasteiger partial charge in [-0.05, 0) is 14.9 Å². The molecule has 0 aliphatic heterocycles. The Hall–Kier alpha value is -2.25. The smallest absolute Gasteiger partial charge is 0.390 e. The molecular weight excluding hydrogens is 176 g/mol. The van der Waals surface area contributed by atoms with E-state index in [0.717, 1.165) is 0 Å². The lowest BCUT2D eigenvalue weighted by Gasteiger charge is -1.91. The summed E-state index contributed by atoms with van der Waals surface area (Å²) in [6.07, 6.45) is 1.35. The topological polar surface area (TPSA) is 124 Å². The van der Waals surface area contributed by atoms with Crippen LogP contribution < -0.4 is 5.73 Å². The molecule has 0 fully saturated rings. The van der Waals surface area contributed by atoms with E-state index in [9.17, 15) is 10.1 Å². The fourth-order valence-corrected chi connectivity index (χ4v) is 0.925. The first kappa shape index (κ1) is 7.40. The number of rotatable bonds is 1. The second-order valence-corrected chi connectivity index (χ2v) is 2.27. The molecule has 0 unspecified atom stereocenters. The summed E-state index contributed by atoms with van der Waals surface area (Å²) in [6.45, 7) is 0. The fourth-order valence-electron chi connectivity index (χ4n) is 0.925. The highest BCUT2D eigenvalue weighted by atomic mass is 16.6. The maximum atomic E-state index is 10.3. The Labute approximate surface area is 71.0 Å². The van der Waals surface area contributed by atoms with Crippen LogP contribution in [-0.2, 0) is 0 Å². The normalized spacial score (nSPS) is 10.5. The van der Waals surface area contributed by atoms with Crippen molar-refractivity contribution in [2.75, 3.05) is 5.73 Å². The van der Waals surface area contributed by atoms with Crippen LogP contribution in [0.5, 0.6) is 0 Å². The van der Waals surface area contributed by atoms with E-state index in [1.165, 1.54) is 6.33 Å². The van der Waals surface area contributed by atoms with Crippen molar-refractivity contribution in [2.45, 2.75) is 0 Å². The quantitative estimate of drug-likeness (QED) is 0.464. The Morgan fingerprint density at radius 1 is 1.54 bits per heavy atom. The number of H-pyrrole nitrogens is 1. The lowest BCUT2D eigenvalue weighted by molar-refractivity contribution is -0.394. The van der Waals surface area contributed by atoms with Gasteiger partial charge in [0.15, 0.2) is 5.52 Å². The summed E-state index contributed by atoms with van der Waals surface area (Å²) in [4.78, 5) is 23.0. The number of nitrogens with two attached hydrogens (primary N) is 1. The highest BCUT2D eigenvalue weighted by molar-refractivity contribution is 5.81. The van der Waals surface area contributed by atoms with Gasteiger partial charge in [0.1, 0.15) is 0 Å². The number of fused-ring (bicyclic) bond motifs is 1. The van der Waals surface area contributed by atoms with Gasteiger partial charge in [-0.3, -0.25) is 0 Å². The van der Waals surface area contributed by atoms with Gasteiger partial charge in [0.25, 0.3) is 5.65 Å². The predicted molar refractivity (Wildman–Crippen MR) is 42.8 cm³/mol. The van der Waals surface area contributed by atoms with E-state index in [-0.39, 0.29) is 11.5 Å². The van der Waals surface area contributed by atoms with Crippen LogP contribution >= 0.6 is 0 Å². The third-order valence-corrected chi connectivity index (χ3v) is 1.47. The van der Waals surface area contributed by atoms with Crippen molar-refractivity contribution in [3.63, 3.8) is 0 Å². The van der Waals surface area contributed by atoms with Crippen LogP contribution in [-0.4, -0.2) is 24.9 Å². The average Bonchev–Trinajstić information content (AvgIpc) is 2.51. The van der Waals surface area contributed by atoms with Crippen LogP contribution in [0.3, 0.4) is 0 Å². The van der Waals surface area contributed by atoms with Crippen molar-refractivity contribution in [1.29, 1.82) is 0 Å². The van der Waals surface area contributed by atoms with Crippen molar-refractivity contribution >= 4 is 22.9 Å². The van der Waals surface area contributed by atoms with Gasteiger partial charge in [0.05, 0.1) is 6.33 Å². The number of imidazole rings is 1. The number of anilines is 1. The predicted octanol–water partition coefficient (Wildman–Crippen LogP) is -0.157. The van der Waals surface area contributed by atoms with Crippen molar-refractivity contribution in [2.24, 2.45) is 0 Å². The minimum Gasteiger partial charge on any atom is -0.390 e. The van der Waals surface area contributed by atoms with Crippen LogP contribution in [0.25, 0.3) is 11.2 Å². The van der Waals surface area contributed by atoms with E-state index in [4.69, 9.17) is 5.73 Å². The molecule has 0 amide bonds. The standard InChI is InChI=1S/C5H4N6O2/c6-3-2-4(8-1-7-2)10-5(9-3)11(12)13/h1H,(H3,6,7,8,9,10). The molecule has 3 N–H and O–H groups in total. The molecule has 0 atom stereocenters. The highest BCUT2D eigenvalue weighted by Gasteiger charge is 2.17. The number of hydrogen-bond acceptors (Lipinski definition) is 6. The van der Waals surface area contributed by atoms with Gasteiger partial charge in [-0.25, -0.2) is 4.98 Å². The third-order valence-electron chi connectivity index (χ3n) is 1.47. The van der Waals surface area contributed by atoms with E-state index in [2.05, 4.69) is 19.9 Å². The number of nitrogen functional groups attached to an aromatic ring is 1. The lowest BCUT2D eigenvalue weighted by Crippen LogP contribution is -2.00. The van der Waals surface area contributed by atoms with E-state index in [1.807, 2.05) is 0 Å². The van der Waals surface area contributed by atoms with E-state index in [1.54, 1.807) is 0 Å². The Balaban J connectivity index is 2.77. The maximum absolute atomic E-state index is 10.3. The van der Waals surface area contributed by atoms with E-state index < -0.39 is 10.9 Å². The molecule has 0 aliphatic carbocycles. The van der Waals surface area contributed by atoms with Crippen LogP contribution in [0.4, 0.5) is 11.8 Å². The molecule has 13 heavy (non-hydrogen) atoms. The Kier molecular flexibility index (Phi) is 1.35. The molecular formula is C5H4N6O2.